The minimum absolute atomic E-state index is 0.118. The van der Waals surface area contributed by atoms with Gasteiger partial charge in [0.25, 0.3) is 0 Å². The van der Waals surface area contributed by atoms with E-state index in [1.807, 2.05) is 0 Å². The lowest BCUT2D eigenvalue weighted by molar-refractivity contribution is -0.159. The summed E-state index contributed by atoms with van der Waals surface area (Å²) in [6.45, 7) is 0. The monoisotopic (exact) mass is 214 g/mol. The molecule has 0 saturated heterocycles. The zero-order valence-electron chi connectivity index (χ0n) is 7.92. The molecule has 0 bridgehead atoms. The van der Waals surface area contributed by atoms with Crippen LogP contribution >= 0.6 is 0 Å². The Morgan fingerprint density at radius 2 is 2.27 bits per heavy atom. The smallest absolute Gasteiger partial charge is 0.402 e. The van der Waals surface area contributed by atoms with E-state index >= 15 is 0 Å². The van der Waals surface area contributed by atoms with E-state index in [1.165, 1.54) is 25.3 Å². The van der Waals surface area contributed by atoms with Gasteiger partial charge in [-0.1, -0.05) is 0 Å². The van der Waals surface area contributed by atoms with E-state index in [2.05, 4.69) is 9.47 Å². The third-order valence-corrected chi connectivity index (χ3v) is 2.14. The molecular weight excluding hydrogens is 206 g/mol. The molecule has 0 radical (unpaired) electrons. The van der Waals surface area contributed by atoms with Gasteiger partial charge in [0.15, 0.2) is 0 Å². The molecule has 0 fully saturated rings. The van der Waals surface area contributed by atoms with Gasteiger partial charge in [0.05, 0.1) is 19.1 Å². The van der Waals surface area contributed by atoms with Gasteiger partial charge in [-0.3, -0.25) is 0 Å². The number of rotatable bonds is 1. The highest BCUT2D eigenvalue weighted by Crippen LogP contribution is 2.37. The van der Waals surface area contributed by atoms with Gasteiger partial charge in [-0.25, -0.2) is 4.79 Å². The molecule has 0 aromatic heterocycles. The highest BCUT2D eigenvalue weighted by Gasteiger charge is 2.39. The summed E-state index contributed by atoms with van der Waals surface area (Å²) >= 11 is 0. The average Bonchev–Trinajstić information content (AvgIpc) is 2.49. The van der Waals surface area contributed by atoms with Crippen molar-refractivity contribution in [2.45, 2.75) is 12.5 Å². The molecule has 0 N–H and O–H groups in total. The van der Waals surface area contributed by atoms with Crippen molar-refractivity contribution in [3.63, 3.8) is 0 Å². The Morgan fingerprint density at radius 1 is 1.53 bits per heavy atom. The van der Waals surface area contributed by atoms with Gasteiger partial charge in [-0.15, -0.1) is 0 Å². The van der Waals surface area contributed by atoms with E-state index in [0.29, 0.717) is 5.56 Å². The first-order valence-electron chi connectivity index (χ1n) is 4.30. The van der Waals surface area contributed by atoms with Gasteiger partial charge in [0.2, 0.25) is 0 Å². The summed E-state index contributed by atoms with van der Waals surface area (Å²) in [7, 11) is 1.24. The topological polar surface area (TPSA) is 35.5 Å². The molecule has 3 nitrogen and oxygen atoms in total. The summed E-state index contributed by atoms with van der Waals surface area (Å²) in [5, 5.41) is 0. The minimum Gasteiger partial charge on any atom is -0.465 e. The number of alkyl halides is 2. The molecule has 5 heteroatoms. The highest BCUT2D eigenvalue weighted by atomic mass is 19.3. The highest BCUT2D eigenvalue weighted by molar-refractivity contribution is 5.89. The number of hydrogen-bond acceptors (Lipinski definition) is 3. The van der Waals surface area contributed by atoms with Crippen LogP contribution in [0.1, 0.15) is 15.9 Å². The Bertz CT molecular complexity index is 415. The third-order valence-electron chi connectivity index (χ3n) is 2.14. The van der Waals surface area contributed by atoms with Crippen molar-refractivity contribution in [3.05, 3.63) is 29.3 Å². The van der Waals surface area contributed by atoms with E-state index in [4.69, 9.17) is 0 Å². The molecule has 80 valence electrons. The largest absolute Gasteiger partial charge is 0.465 e. The van der Waals surface area contributed by atoms with Crippen molar-refractivity contribution in [3.8, 4) is 5.75 Å². The fraction of sp³-hybridized carbons (Fsp3) is 0.300. The van der Waals surface area contributed by atoms with Crippen LogP contribution in [0.4, 0.5) is 8.78 Å². The van der Waals surface area contributed by atoms with Crippen LogP contribution in [0.3, 0.4) is 0 Å². The number of esters is 1. The number of ether oxygens (including phenoxy) is 2. The summed E-state index contributed by atoms with van der Waals surface area (Å²) in [6, 6.07) is 4.11. The molecule has 0 saturated carbocycles. The number of carbonyl (C=O) groups is 1. The van der Waals surface area contributed by atoms with E-state index in [-0.39, 0.29) is 11.3 Å². The second kappa shape index (κ2) is 3.18. The van der Waals surface area contributed by atoms with Gasteiger partial charge in [0.1, 0.15) is 5.75 Å². The van der Waals surface area contributed by atoms with E-state index in [9.17, 15) is 13.6 Å². The Labute approximate surface area is 84.6 Å². The number of methoxy groups -OCH3 is 1. The summed E-state index contributed by atoms with van der Waals surface area (Å²) in [4.78, 5) is 11.1. The van der Waals surface area contributed by atoms with Gasteiger partial charge < -0.3 is 9.47 Å². The second-order valence-corrected chi connectivity index (χ2v) is 3.23. The summed E-state index contributed by atoms with van der Waals surface area (Å²) in [5.41, 5.74) is 0.570. The Balaban J connectivity index is 2.34. The lowest BCUT2D eigenvalue weighted by Crippen LogP contribution is -2.20. The van der Waals surface area contributed by atoms with Crippen LogP contribution in [-0.4, -0.2) is 19.2 Å². The van der Waals surface area contributed by atoms with Crippen molar-refractivity contribution >= 4 is 5.97 Å². The molecule has 0 atom stereocenters. The van der Waals surface area contributed by atoms with Gasteiger partial charge in [0, 0.05) is 5.56 Å². The minimum atomic E-state index is -3.17. The van der Waals surface area contributed by atoms with Crippen molar-refractivity contribution < 1.29 is 23.0 Å². The summed E-state index contributed by atoms with van der Waals surface area (Å²) in [5.74, 6) is -0.430. The Morgan fingerprint density at radius 3 is 2.93 bits per heavy atom. The zero-order valence-corrected chi connectivity index (χ0v) is 7.92. The first-order chi connectivity index (χ1) is 7.02. The molecular formula is C10H8F2O3. The second-order valence-electron chi connectivity index (χ2n) is 3.23. The van der Waals surface area contributed by atoms with Crippen molar-refractivity contribution in [1.29, 1.82) is 0 Å². The first-order valence-corrected chi connectivity index (χ1v) is 4.30. The normalized spacial score (nSPS) is 16.7. The molecule has 0 amide bonds. The summed E-state index contributed by atoms with van der Waals surface area (Å²) < 4.78 is 34.5. The zero-order chi connectivity index (χ0) is 11.1. The molecule has 1 heterocycles. The number of fused-ring (bicyclic) bond motifs is 1. The number of benzene rings is 1. The van der Waals surface area contributed by atoms with Crippen LogP contribution in [0.25, 0.3) is 0 Å². The van der Waals surface area contributed by atoms with Gasteiger partial charge in [-0.2, -0.15) is 8.78 Å². The molecule has 1 aliphatic rings. The molecule has 1 aromatic rings. The fourth-order valence-electron chi connectivity index (χ4n) is 1.48. The van der Waals surface area contributed by atoms with Crippen molar-refractivity contribution in [2.75, 3.05) is 7.11 Å². The molecule has 0 unspecified atom stereocenters. The Hall–Kier alpha value is -1.65. The number of hydrogen-bond donors (Lipinski definition) is 0. The van der Waals surface area contributed by atoms with Crippen LogP contribution in [0.15, 0.2) is 18.2 Å². The van der Waals surface area contributed by atoms with Crippen LogP contribution in [0.2, 0.25) is 0 Å². The molecule has 2 rings (SSSR count). The maximum absolute atomic E-state index is 12.8. The molecule has 1 aliphatic heterocycles. The average molecular weight is 214 g/mol. The maximum Gasteiger partial charge on any atom is 0.402 e. The standard InChI is InChI=1S/C10H8F2O3/c1-14-9(13)6-2-3-8-7(4-6)5-10(11,12)15-8/h2-4H,5H2,1H3. The van der Waals surface area contributed by atoms with Gasteiger partial charge in [-0.05, 0) is 18.2 Å². The van der Waals surface area contributed by atoms with Crippen LogP contribution in [0.5, 0.6) is 5.75 Å². The quantitative estimate of drug-likeness (QED) is 0.671. The van der Waals surface area contributed by atoms with Crippen molar-refractivity contribution in [1.82, 2.24) is 0 Å². The maximum atomic E-state index is 12.8. The van der Waals surface area contributed by atoms with Crippen molar-refractivity contribution in [2.24, 2.45) is 0 Å². The van der Waals surface area contributed by atoms with E-state index in [1.54, 1.807) is 0 Å². The Kier molecular flexibility index (Phi) is 2.10. The molecule has 1 aromatic carbocycles. The van der Waals surface area contributed by atoms with E-state index < -0.39 is 18.5 Å². The van der Waals surface area contributed by atoms with Crippen LogP contribution < -0.4 is 4.74 Å². The first kappa shape index (κ1) is 9.89. The van der Waals surface area contributed by atoms with Crippen LogP contribution in [-0.2, 0) is 11.2 Å². The molecule has 15 heavy (non-hydrogen) atoms. The predicted octanol–water partition coefficient (Wildman–Crippen LogP) is 2.00. The molecule has 0 aliphatic carbocycles. The van der Waals surface area contributed by atoms with Crippen LogP contribution in [0, 0.1) is 0 Å². The van der Waals surface area contributed by atoms with E-state index in [0.717, 1.165) is 0 Å². The number of halogens is 2. The number of carbonyl (C=O) groups excluding carboxylic acids is 1. The summed E-state index contributed by atoms with van der Waals surface area (Å²) in [6.07, 6.45) is -3.68. The lowest BCUT2D eigenvalue weighted by atomic mass is 10.1. The SMILES string of the molecule is COC(=O)c1ccc2c(c1)CC(F)(F)O2. The third kappa shape index (κ3) is 1.77. The molecule has 0 spiro atoms. The predicted molar refractivity (Wildman–Crippen MR) is 47.1 cm³/mol. The lowest BCUT2D eigenvalue weighted by Gasteiger charge is -2.06. The fourth-order valence-corrected chi connectivity index (χ4v) is 1.48. The van der Waals surface area contributed by atoms with Gasteiger partial charge >= 0.3 is 12.1 Å².